The maximum Gasteiger partial charge on any atom is 0.405 e. The Kier molecular flexibility index (Phi) is 6.06. The van der Waals surface area contributed by atoms with Crippen molar-refractivity contribution >= 4 is 16.0 Å². The average molecular weight is 405 g/mol. The van der Waals surface area contributed by atoms with Crippen molar-refractivity contribution in [1.29, 1.82) is 0 Å². The van der Waals surface area contributed by atoms with Crippen LogP contribution in [0, 0.1) is 0 Å². The van der Waals surface area contributed by atoms with Gasteiger partial charge in [-0.25, -0.2) is 13.2 Å². The van der Waals surface area contributed by atoms with Gasteiger partial charge < -0.3 is 4.74 Å². The number of nitrogens with zero attached hydrogens (tertiary/aromatic N) is 1. The van der Waals surface area contributed by atoms with Crippen molar-refractivity contribution in [2.24, 2.45) is 0 Å². The van der Waals surface area contributed by atoms with E-state index in [1.807, 2.05) is 0 Å². The van der Waals surface area contributed by atoms with Crippen molar-refractivity contribution in [3.05, 3.63) is 47.5 Å². The second kappa shape index (κ2) is 7.63. The molecule has 0 bridgehead atoms. The normalized spacial score (nSPS) is 19.5. The number of hydrogen-bond donors (Lipinski definition) is 0. The second-order valence-corrected chi connectivity index (χ2v) is 9.88. The second-order valence-electron chi connectivity index (χ2n) is 7.24. The summed E-state index contributed by atoms with van der Waals surface area (Å²) in [7, 11) is -4.22. The molecule has 0 amide bonds. The molecule has 9 heteroatoms. The molecule has 1 aliphatic rings. The van der Waals surface area contributed by atoms with Crippen LogP contribution >= 0.6 is 0 Å². The van der Waals surface area contributed by atoms with Crippen LogP contribution in [0.2, 0.25) is 0 Å². The first-order valence-corrected chi connectivity index (χ1v) is 9.76. The SMILES string of the molecule is CC(C)(C)S(=O)(=O)N1CC=C(C(=O)OCc2ccccc2)C[C@H]1C(F)(F)F. The molecule has 150 valence electrons. The Hall–Kier alpha value is -1.87. The van der Waals surface area contributed by atoms with Gasteiger partial charge in [0.1, 0.15) is 12.6 Å². The van der Waals surface area contributed by atoms with Gasteiger partial charge in [0, 0.05) is 18.5 Å². The summed E-state index contributed by atoms with van der Waals surface area (Å²) < 4.78 is 69.7. The van der Waals surface area contributed by atoms with Crippen LogP contribution in [-0.4, -0.2) is 42.2 Å². The number of hydrogen-bond acceptors (Lipinski definition) is 4. The average Bonchev–Trinajstić information content (AvgIpc) is 2.58. The first-order valence-electron chi connectivity index (χ1n) is 8.32. The highest BCUT2D eigenvalue weighted by molar-refractivity contribution is 7.90. The van der Waals surface area contributed by atoms with Crippen LogP contribution < -0.4 is 0 Å². The molecule has 0 N–H and O–H groups in total. The van der Waals surface area contributed by atoms with Crippen LogP contribution in [0.15, 0.2) is 42.0 Å². The van der Waals surface area contributed by atoms with Gasteiger partial charge in [-0.2, -0.15) is 17.5 Å². The summed E-state index contributed by atoms with van der Waals surface area (Å²) in [6.45, 7) is 3.41. The molecule has 0 aromatic heterocycles. The Labute approximate surface area is 156 Å². The van der Waals surface area contributed by atoms with Gasteiger partial charge in [0.2, 0.25) is 10.0 Å². The molecule has 0 radical (unpaired) electrons. The van der Waals surface area contributed by atoms with Gasteiger partial charge in [-0.15, -0.1) is 0 Å². The van der Waals surface area contributed by atoms with E-state index in [0.29, 0.717) is 9.87 Å². The Balaban J connectivity index is 2.21. The van der Waals surface area contributed by atoms with Crippen LogP contribution in [0.5, 0.6) is 0 Å². The topological polar surface area (TPSA) is 63.7 Å². The third-order valence-corrected chi connectivity index (χ3v) is 6.78. The van der Waals surface area contributed by atoms with Gasteiger partial charge in [-0.1, -0.05) is 36.4 Å². The molecule has 1 aromatic carbocycles. The van der Waals surface area contributed by atoms with Gasteiger partial charge in [-0.05, 0) is 26.3 Å². The van der Waals surface area contributed by atoms with E-state index in [1.54, 1.807) is 30.3 Å². The summed E-state index contributed by atoms with van der Waals surface area (Å²) in [5, 5.41) is 0. The standard InChI is InChI=1S/C18H22F3NO4S/c1-17(2,3)27(24,25)22-10-9-14(11-15(22)18(19,20)21)16(23)26-12-13-7-5-4-6-8-13/h4-9,15H,10-12H2,1-3H3/t15-/m0/s1. The number of halogens is 3. The molecule has 1 heterocycles. The van der Waals surface area contributed by atoms with Gasteiger partial charge in [0.05, 0.1) is 4.75 Å². The van der Waals surface area contributed by atoms with E-state index in [2.05, 4.69) is 0 Å². The lowest BCUT2D eigenvalue weighted by atomic mass is 10.0. The first-order chi connectivity index (χ1) is 12.3. The molecular weight excluding hydrogens is 383 g/mol. The van der Waals surface area contributed by atoms with Gasteiger partial charge >= 0.3 is 12.1 Å². The molecule has 0 fully saturated rings. The molecule has 0 spiro atoms. The van der Waals surface area contributed by atoms with Crippen LogP contribution in [-0.2, 0) is 26.2 Å². The zero-order valence-electron chi connectivity index (χ0n) is 15.3. The molecule has 0 saturated carbocycles. The predicted octanol–water partition coefficient (Wildman–Crippen LogP) is 3.42. The fourth-order valence-electron chi connectivity index (χ4n) is 2.60. The van der Waals surface area contributed by atoms with E-state index in [9.17, 15) is 26.4 Å². The summed E-state index contributed by atoms with van der Waals surface area (Å²) in [6.07, 6.45) is -4.39. The lowest BCUT2D eigenvalue weighted by Crippen LogP contribution is -2.55. The van der Waals surface area contributed by atoms with Crippen molar-refractivity contribution in [1.82, 2.24) is 4.31 Å². The van der Waals surface area contributed by atoms with Crippen LogP contribution in [0.1, 0.15) is 32.8 Å². The quantitative estimate of drug-likeness (QED) is 0.720. The number of sulfonamides is 1. The van der Waals surface area contributed by atoms with E-state index >= 15 is 0 Å². The van der Waals surface area contributed by atoms with Gasteiger partial charge in [-0.3, -0.25) is 0 Å². The van der Waals surface area contributed by atoms with E-state index in [0.717, 1.165) is 0 Å². The van der Waals surface area contributed by atoms with Crippen molar-refractivity contribution < 1.29 is 31.1 Å². The summed E-state index contributed by atoms with van der Waals surface area (Å²) in [4.78, 5) is 12.2. The zero-order chi connectivity index (χ0) is 20.5. The number of carbonyl (C=O) groups is 1. The molecule has 5 nitrogen and oxygen atoms in total. The minimum atomic E-state index is -4.81. The molecular formula is C18H22F3NO4S. The summed E-state index contributed by atoms with van der Waals surface area (Å²) in [5.74, 6) is -0.874. The van der Waals surface area contributed by atoms with E-state index in [-0.39, 0.29) is 12.2 Å². The lowest BCUT2D eigenvalue weighted by molar-refractivity contribution is -0.172. The maximum absolute atomic E-state index is 13.5. The summed E-state index contributed by atoms with van der Waals surface area (Å²) in [6, 6.07) is 6.42. The highest BCUT2D eigenvalue weighted by atomic mass is 32.2. The fourth-order valence-corrected chi connectivity index (χ4v) is 4.10. The molecule has 0 saturated heterocycles. The van der Waals surface area contributed by atoms with Crippen LogP contribution in [0.4, 0.5) is 13.2 Å². The molecule has 2 rings (SSSR count). The highest BCUT2D eigenvalue weighted by Crippen LogP contribution is 2.37. The number of benzene rings is 1. The van der Waals surface area contributed by atoms with E-state index in [4.69, 9.17) is 4.74 Å². The van der Waals surface area contributed by atoms with E-state index in [1.165, 1.54) is 26.8 Å². The third kappa shape index (κ3) is 4.90. The number of ether oxygens (including phenoxy) is 1. The minimum Gasteiger partial charge on any atom is -0.457 e. The van der Waals surface area contributed by atoms with Gasteiger partial charge in [0.15, 0.2) is 0 Å². The lowest BCUT2D eigenvalue weighted by Gasteiger charge is -2.38. The molecule has 1 aromatic rings. The van der Waals surface area contributed by atoms with Gasteiger partial charge in [0.25, 0.3) is 0 Å². The van der Waals surface area contributed by atoms with Crippen molar-refractivity contribution in [3.63, 3.8) is 0 Å². The first kappa shape index (κ1) is 21.4. The molecule has 0 unspecified atom stereocenters. The Morgan fingerprint density at radius 2 is 1.78 bits per heavy atom. The van der Waals surface area contributed by atoms with Crippen molar-refractivity contribution in [2.75, 3.05) is 6.54 Å². The maximum atomic E-state index is 13.5. The number of esters is 1. The number of carbonyl (C=O) groups excluding carboxylic acids is 1. The van der Waals surface area contributed by atoms with Crippen molar-refractivity contribution in [2.45, 2.75) is 50.8 Å². The Morgan fingerprint density at radius 1 is 1.19 bits per heavy atom. The molecule has 27 heavy (non-hydrogen) atoms. The zero-order valence-corrected chi connectivity index (χ0v) is 16.1. The monoisotopic (exact) mass is 405 g/mol. The smallest absolute Gasteiger partial charge is 0.405 e. The van der Waals surface area contributed by atoms with E-state index < -0.39 is 45.9 Å². The molecule has 1 atom stereocenters. The predicted molar refractivity (Wildman–Crippen MR) is 94.2 cm³/mol. The Bertz CT molecular complexity index is 811. The van der Waals surface area contributed by atoms with Crippen molar-refractivity contribution in [3.8, 4) is 0 Å². The van der Waals surface area contributed by atoms with Crippen LogP contribution in [0.3, 0.4) is 0 Å². The summed E-state index contributed by atoms with van der Waals surface area (Å²) >= 11 is 0. The third-order valence-electron chi connectivity index (χ3n) is 4.21. The highest BCUT2D eigenvalue weighted by Gasteiger charge is 2.52. The number of alkyl halides is 3. The van der Waals surface area contributed by atoms with Crippen LogP contribution in [0.25, 0.3) is 0 Å². The number of rotatable bonds is 4. The largest absolute Gasteiger partial charge is 0.457 e. The fraction of sp³-hybridized carbons (Fsp3) is 0.500. The summed E-state index contributed by atoms with van der Waals surface area (Å²) in [5.41, 5.74) is 0.528. The minimum absolute atomic E-state index is 0.0717. The molecule has 0 aliphatic carbocycles. The molecule has 1 aliphatic heterocycles. The Morgan fingerprint density at radius 3 is 2.30 bits per heavy atom.